The molecular weight excluding hydrogens is 366 g/mol. The van der Waals surface area contributed by atoms with Crippen LogP contribution < -0.4 is 25.8 Å². The number of nitrogens with one attached hydrogen (secondary N) is 3. The number of methoxy groups -OCH3 is 1. The van der Waals surface area contributed by atoms with Gasteiger partial charge in [0, 0.05) is 43.4 Å². The molecule has 1 atom stereocenters. The van der Waals surface area contributed by atoms with Crippen LogP contribution in [0.15, 0.2) is 36.4 Å². The number of benzene rings is 2. The first-order valence-electron chi connectivity index (χ1n) is 9.23. The number of hydrogen-bond acceptors (Lipinski definition) is 5. The van der Waals surface area contributed by atoms with Crippen LogP contribution in [0.25, 0.3) is 0 Å². The van der Waals surface area contributed by atoms with Crippen LogP contribution in [0.1, 0.15) is 17.9 Å². The van der Waals surface area contributed by atoms with Crippen LogP contribution in [-0.2, 0) is 4.79 Å². The van der Waals surface area contributed by atoms with Gasteiger partial charge in [-0.1, -0.05) is 6.07 Å². The van der Waals surface area contributed by atoms with Crippen molar-refractivity contribution in [1.82, 2.24) is 10.9 Å². The van der Waals surface area contributed by atoms with E-state index in [1.165, 1.54) is 11.0 Å². The van der Waals surface area contributed by atoms with Crippen molar-refractivity contribution < 1.29 is 18.3 Å². The molecule has 1 amide bonds. The molecule has 0 bridgehead atoms. The number of ether oxygens (including phenoxy) is 1. The van der Waals surface area contributed by atoms with E-state index in [4.69, 9.17) is 4.74 Å². The molecule has 0 saturated carbocycles. The second-order valence-corrected chi connectivity index (χ2v) is 6.99. The molecule has 0 radical (unpaired) electrons. The predicted octanol–water partition coefficient (Wildman–Crippen LogP) is 2.38. The molecule has 2 fully saturated rings. The highest BCUT2D eigenvalue weighted by atomic mass is 19.1. The average Bonchev–Trinajstić information content (AvgIpc) is 3.35. The normalized spacial score (nSPS) is 20.0. The van der Waals surface area contributed by atoms with Gasteiger partial charge in [0.25, 0.3) is 0 Å². The molecule has 2 aromatic carbocycles. The molecule has 0 spiro atoms. The smallest absolute Gasteiger partial charge is 0.249 e. The molecule has 2 saturated heterocycles. The van der Waals surface area contributed by atoms with Crippen LogP contribution >= 0.6 is 0 Å². The minimum atomic E-state index is -0.585. The van der Waals surface area contributed by atoms with E-state index < -0.39 is 17.7 Å². The second-order valence-electron chi connectivity index (χ2n) is 6.99. The maximum Gasteiger partial charge on any atom is 0.249 e. The number of halogens is 2. The van der Waals surface area contributed by atoms with Gasteiger partial charge >= 0.3 is 0 Å². The van der Waals surface area contributed by atoms with Gasteiger partial charge in [-0.05, 0) is 30.2 Å². The summed E-state index contributed by atoms with van der Waals surface area (Å²) in [5, 5.41) is 3.15. The Morgan fingerprint density at radius 1 is 1.14 bits per heavy atom. The number of hydrogen-bond donors (Lipinski definition) is 3. The monoisotopic (exact) mass is 388 g/mol. The van der Waals surface area contributed by atoms with E-state index in [-0.39, 0.29) is 17.5 Å². The van der Waals surface area contributed by atoms with Crippen LogP contribution in [0.2, 0.25) is 0 Å². The van der Waals surface area contributed by atoms with E-state index in [0.717, 1.165) is 11.8 Å². The van der Waals surface area contributed by atoms with Crippen molar-refractivity contribution in [2.75, 3.05) is 37.0 Å². The van der Waals surface area contributed by atoms with E-state index in [0.29, 0.717) is 37.4 Å². The summed E-state index contributed by atoms with van der Waals surface area (Å²) in [6.07, 6.45) is 0.495. The first kappa shape index (κ1) is 18.6. The van der Waals surface area contributed by atoms with Gasteiger partial charge in [0.2, 0.25) is 5.91 Å². The van der Waals surface area contributed by atoms with Gasteiger partial charge in [-0.15, -0.1) is 0 Å². The lowest BCUT2D eigenvalue weighted by atomic mass is 9.99. The molecule has 0 aromatic heterocycles. The number of anilines is 2. The third-order valence-electron chi connectivity index (χ3n) is 5.23. The number of rotatable bonds is 5. The topological polar surface area (TPSA) is 65.6 Å². The molecule has 28 heavy (non-hydrogen) atoms. The lowest BCUT2D eigenvalue weighted by Gasteiger charge is -2.20. The highest BCUT2D eigenvalue weighted by Crippen LogP contribution is 2.31. The molecule has 1 unspecified atom stereocenters. The number of carbonyl (C=O) groups excluding carboxylic acids is 1. The zero-order valence-electron chi connectivity index (χ0n) is 15.5. The van der Waals surface area contributed by atoms with Crippen LogP contribution in [0.3, 0.4) is 0 Å². The van der Waals surface area contributed by atoms with Crippen LogP contribution in [0.4, 0.5) is 20.2 Å². The molecular formula is C20H22F2N4O2. The summed E-state index contributed by atoms with van der Waals surface area (Å²) in [6.45, 7) is 1.39. The molecule has 2 heterocycles. The Morgan fingerprint density at radius 3 is 2.68 bits per heavy atom. The summed E-state index contributed by atoms with van der Waals surface area (Å²) >= 11 is 0. The third-order valence-corrected chi connectivity index (χ3v) is 5.23. The lowest BCUT2D eigenvalue weighted by Crippen LogP contribution is -2.34. The van der Waals surface area contributed by atoms with E-state index >= 15 is 0 Å². The summed E-state index contributed by atoms with van der Waals surface area (Å²) in [7, 11) is 1.57. The largest absolute Gasteiger partial charge is 0.497 e. The van der Waals surface area contributed by atoms with Gasteiger partial charge in [0.1, 0.15) is 23.4 Å². The van der Waals surface area contributed by atoms with E-state index in [9.17, 15) is 13.6 Å². The summed E-state index contributed by atoms with van der Waals surface area (Å²) in [4.78, 5) is 14.1. The molecule has 2 aliphatic rings. The highest BCUT2D eigenvalue weighted by Gasteiger charge is 2.35. The van der Waals surface area contributed by atoms with E-state index in [2.05, 4.69) is 16.2 Å². The first-order chi connectivity index (χ1) is 13.6. The van der Waals surface area contributed by atoms with Gasteiger partial charge in [-0.3, -0.25) is 15.6 Å². The second kappa shape index (κ2) is 7.73. The summed E-state index contributed by atoms with van der Waals surface area (Å²) < 4.78 is 34.5. The number of nitrogens with zero attached hydrogens (tertiary/aromatic N) is 1. The first-order valence-corrected chi connectivity index (χ1v) is 9.23. The maximum atomic E-state index is 14.7. The van der Waals surface area contributed by atoms with Crippen molar-refractivity contribution in [3.63, 3.8) is 0 Å². The van der Waals surface area contributed by atoms with Gasteiger partial charge < -0.3 is 15.0 Å². The molecule has 4 rings (SSSR count). The molecule has 2 aliphatic heterocycles. The number of carbonyl (C=O) groups is 1. The zero-order valence-corrected chi connectivity index (χ0v) is 15.5. The Balaban J connectivity index is 1.52. The Bertz CT molecular complexity index is 887. The predicted molar refractivity (Wildman–Crippen MR) is 102 cm³/mol. The van der Waals surface area contributed by atoms with Crippen LogP contribution in [-0.4, -0.2) is 38.7 Å². The van der Waals surface area contributed by atoms with Gasteiger partial charge in [0.15, 0.2) is 0 Å². The molecule has 0 aliphatic carbocycles. The summed E-state index contributed by atoms with van der Waals surface area (Å²) in [5.74, 6) is -0.826. The molecule has 8 heteroatoms. The Kier molecular flexibility index (Phi) is 5.15. The fraction of sp³-hybridized carbons (Fsp3) is 0.350. The number of hydrazine groups is 1. The molecule has 3 N–H and O–H groups in total. The zero-order chi connectivity index (χ0) is 19.7. The van der Waals surface area contributed by atoms with E-state index in [1.807, 2.05) is 18.2 Å². The molecule has 6 nitrogen and oxygen atoms in total. The minimum Gasteiger partial charge on any atom is -0.497 e. The van der Waals surface area contributed by atoms with Crippen LogP contribution in [0.5, 0.6) is 5.75 Å². The van der Waals surface area contributed by atoms with Crippen molar-refractivity contribution in [2.24, 2.45) is 0 Å². The van der Waals surface area contributed by atoms with Crippen LogP contribution in [0, 0.1) is 11.6 Å². The van der Waals surface area contributed by atoms with Crippen molar-refractivity contribution >= 4 is 17.3 Å². The van der Waals surface area contributed by atoms with E-state index in [1.54, 1.807) is 13.2 Å². The van der Waals surface area contributed by atoms with Gasteiger partial charge in [-0.2, -0.15) is 0 Å². The SMILES string of the molecule is COc1cccc(NC2CCN(c3cc(F)c(C4CNNC4)cc3F)C2=O)c1. The number of amides is 1. The van der Waals surface area contributed by atoms with Gasteiger partial charge in [-0.25, -0.2) is 8.78 Å². The fourth-order valence-electron chi connectivity index (χ4n) is 3.72. The van der Waals surface area contributed by atoms with Crippen molar-refractivity contribution in [2.45, 2.75) is 18.4 Å². The Hall–Kier alpha value is -2.71. The summed E-state index contributed by atoms with van der Waals surface area (Å²) in [5.41, 5.74) is 6.86. The maximum absolute atomic E-state index is 14.7. The molecule has 148 valence electrons. The average molecular weight is 388 g/mol. The van der Waals surface area contributed by atoms with Gasteiger partial charge in [0.05, 0.1) is 12.8 Å². The fourth-order valence-corrected chi connectivity index (χ4v) is 3.72. The van der Waals surface area contributed by atoms with Crippen molar-refractivity contribution in [1.29, 1.82) is 0 Å². The van der Waals surface area contributed by atoms with Crippen molar-refractivity contribution in [3.05, 3.63) is 53.6 Å². The Labute approximate surface area is 161 Å². The Morgan fingerprint density at radius 2 is 1.93 bits per heavy atom. The third kappa shape index (κ3) is 3.53. The standard InChI is InChI=1S/C20H22F2N4O2/c1-28-14-4-2-3-13(7-14)25-18-5-6-26(20(18)27)19-9-16(21)15(8-17(19)22)12-10-23-24-11-12/h2-4,7-9,12,18,23-25H,5-6,10-11H2,1H3. The van der Waals surface area contributed by atoms with Crippen molar-refractivity contribution in [3.8, 4) is 5.75 Å². The minimum absolute atomic E-state index is 0.0138. The quantitative estimate of drug-likeness (QED) is 0.734. The molecule has 2 aromatic rings. The lowest BCUT2D eigenvalue weighted by molar-refractivity contribution is -0.117. The highest BCUT2D eigenvalue weighted by molar-refractivity contribution is 6.01. The summed E-state index contributed by atoms with van der Waals surface area (Å²) in [6, 6.07) is 9.08.